The first-order valence-corrected chi connectivity index (χ1v) is 7.09. The van der Waals surface area contributed by atoms with E-state index in [1.807, 2.05) is 21.1 Å². The van der Waals surface area contributed by atoms with Crippen LogP contribution in [0.4, 0.5) is 0 Å². The summed E-state index contributed by atoms with van der Waals surface area (Å²) < 4.78 is 27.0. The smallest absolute Gasteiger partial charge is 0.306 e. The van der Waals surface area contributed by atoms with E-state index in [-0.39, 0.29) is 31.7 Å². The van der Waals surface area contributed by atoms with Crippen molar-refractivity contribution in [2.45, 2.75) is 57.9 Å². The van der Waals surface area contributed by atoms with Gasteiger partial charge in [0.1, 0.15) is 6.54 Å². The summed E-state index contributed by atoms with van der Waals surface area (Å²) in [7, 11) is 5.67. The predicted octanol–water partition coefficient (Wildman–Crippen LogP) is 1.53. The molecule has 0 aromatic rings. The van der Waals surface area contributed by atoms with Gasteiger partial charge < -0.3 is 19.1 Å². The summed E-state index contributed by atoms with van der Waals surface area (Å²) in [5.41, 5.74) is 0. The van der Waals surface area contributed by atoms with Crippen LogP contribution in [0.1, 0.15) is 55.9 Å². The molecule has 0 aliphatic carbocycles. The molecule has 126 valence electrons. The zero-order valence-electron chi connectivity index (χ0n) is 16.2. The second kappa shape index (κ2) is 11.8. The number of esters is 1. The molecule has 0 saturated heterocycles. The quantitative estimate of drug-likeness (QED) is 0.328. The molecular weight excluding hydrogens is 294 g/mol. The van der Waals surface area contributed by atoms with E-state index in [4.69, 9.17) is 8.85 Å². The molecule has 21 heavy (non-hydrogen) atoms. The Kier molecular flexibility index (Phi) is 9.31. The highest BCUT2D eigenvalue weighted by Crippen LogP contribution is 2.09. The maximum Gasteiger partial charge on any atom is 0.306 e. The second-order valence-corrected chi connectivity index (χ2v) is 6.08. The van der Waals surface area contributed by atoms with Crippen molar-refractivity contribution < 1.29 is 28.0 Å². The van der Waals surface area contributed by atoms with Gasteiger partial charge in [0.05, 0.1) is 21.1 Å². The minimum Gasteiger partial charge on any atom is -0.550 e. The van der Waals surface area contributed by atoms with Gasteiger partial charge in [0.15, 0.2) is 6.10 Å². The van der Waals surface area contributed by atoms with Gasteiger partial charge in [-0.3, -0.25) is 4.79 Å². The topological polar surface area (TPSA) is 66.4 Å². The molecule has 1 atom stereocenters. The van der Waals surface area contributed by atoms with E-state index in [0.717, 1.165) is 12.8 Å². The lowest BCUT2D eigenvalue weighted by atomic mass is 10.1. The number of carboxylic acids is 1. The summed E-state index contributed by atoms with van der Waals surface area (Å²) >= 11 is 0. The fourth-order valence-electron chi connectivity index (χ4n) is 1.93. The van der Waals surface area contributed by atoms with E-state index in [2.05, 4.69) is 0 Å². The molecule has 0 aliphatic heterocycles. The third-order valence-electron chi connectivity index (χ3n) is 2.75. The highest BCUT2D eigenvalue weighted by Gasteiger charge is 2.22. The lowest BCUT2D eigenvalue weighted by molar-refractivity contribution is -0.873. The third kappa shape index (κ3) is 15.4. The number of hydrogen-bond acceptors (Lipinski definition) is 4. The molecule has 0 bridgehead atoms. The second-order valence-electron chi connectivity index (χ2n) is 6.08. The molecule has 0 heterocycles. The number of nitrogens with zero attached hydrogens (tertiary/aromatic N) is 1. The lowest BCUT2D eigenvalue weighted by Crippen LogP contribution is -2.45. The number of aliphatic carboxylic acids is 1. The van der Waals surface area contributed by atoms with E-state index in [1.165, 1.54) is 0 Å². The molecular formula is C15H30ClNO4. The average molecular weight is 327 g/mol. The molecule has 0 radical (unpaired) electrons. The molecule has 0 spiro atoms. The molecule has 5 nitrogen and oxygen atoms in total. The highest BCUT2D eigenvalue weighted by molar-refractivity contribution is 5.85. The van der Waals surface area contributed by atoms with Crippen molar-refractivity contribution >= 4 is 24.3 Å². The highest BCUT2D eigenvalue weighted by atomic mass is 35.5. The zero-order valence-corrected chi connectivity index (χ0v) is 14.0. The van der Waals surface area contributed by atoms with E-state index in [0.29, 0.717) is 23.9 Å². The van der Waals surface area contributed by atoms with Crippen LogP contribution in [0.3, 0.4) is 0 Å². The fourth-order valence-corrected chi connectivity index (χ4v) is 1.93. The lowest BCUT2D eigenvalue weighted by Gasteiger charge is -2.29. The van der Waals surface area contributed by atoms with Crippen molar-refractivity contribution in [1.29, 1.82) is 0 Å². The molecule has 0 amide bonds. The largest absolute Gasteiger partial charge is 0.550 e. The Hall–Kier alpha value is -0.810. The molecule has 0 N–H and O–H groups in total. The molecule has 0 rings (SSSR count). The van der Waals surface area contributed by atoms with Gasteiger partial charge in [-0.05, 0) is 6.42 Å². The van der Waals surface area contributed by atoms with E-state index < -0.39 is 24.9 Å². The van der Waals surface area contributed by atoms with Crippen molar-refractivity contribution in [2.75, 3.05) is 27.7 Å². The molecule has 0 saturated carbocycles. The molecule has 0 aromatic carbocycles. The van der Waals surface area contributed by atoms with Gasteiger partial charge in [-0.25, -0.2) is 0 Å². The first kappa shape index (κ1) is 16.6. The van der Waals surface area contributed by atoms with Crippen LogP contribution < -0.4 is 5.11 Å². The number of unbranched alkanes of at least 4 members (excludes halogenated alkanes) is 3. The molecule has 0 aromatic heterocycles. The van der Waals surface area contributed by atoms with Crippen molar-refractivity contribution in [3.8, 4) is 0 Å². The Morgan fingerprint density at radius 2 is 1.81 bits per heavy atom. The Bertz CT molecular complexity index is 384. The molecule has 0 fully saturated rings. The summed E-state index contributed by atoms with van der Waals surface area (Å²) in [5, 5.41) is 10.7. The summed E-state index contributed by atoms with van der Waals surface area (Å²) in [6.07, 6.45) is 2.15. The van der Waals surface area contributed by atoms with Crippen LogP contribution in [0.25, 0.3) is 0 Å². The van der Waals surface area contributed by atoms with Crippen LogP contribution in [0, 0.1) is 0 Å². The van der Waals surface area contributed by atoms with Gasteiger partial charge in [0.2, 0.25) is 0 Å². The Morgan fingerprint density at radius 1 is 1.19 bits per heavy atom. The molecule has 0 unspecified atom stereocenters. The first-order valence-electron chi connectivity index (χ1n) is 8.59. The van der Waals surface area contributed by atoms with Crippen LogP contribution in [0.15, 0.2) is 0 Å². The molecule has 6 heteroatoms. The summed E-state index contributed by atoms with van der Waals surface area (Å²) in [6.45, 7) is -1.49. The van der Waals surface area contributed by atoms with Crippen molar-refractivity contribution in [3.63, 3.8) is 0 Å². The normalized spacial score (nSPS) is 15.1. The van der Waals surface area contributed by atoms with Crippen molar-refractivity contribution in [1.82, 2.24) is 0 Å². The van der Waals surface area contributed by atoms with Crippen molar-refractivity contribution in [3.05, 3.63) is 0 Å². The van der Waals surface area contributed by atoms with Crippen LogP contribution in [0.5, 0.6) is 0 Å². The van der Waals surface area contributed by atoms with Crippen LogP contribution in [-0.2, 0) is 14.3 Å². The average Bonchev–Trinajstić information content (AvgIpc) is 2.28. The van der Waals surface area contributed by atoms with Crippen molar-refractivity contribution in [2.24, 2.45) is 0 Å². The Labute approximate surface area is 138 Å². The number of carboxylic acid groups (broad SMARTS) is 1. The number of carbonyl (C=O) groups is 2. The number of rotatable bonds is 11. The predicted molar refractivity (Wildman–Crippen MR) is 83.0 cm³/mol. The monoisotopic (exact) mass is 326 g/mol. The number of ether oxygens (including phenoxy) is 1. The Balaban J connectivity index is 0. The number of quaternary nitrogens is 1. The minimum atomic E-state index is -1.89. The van der Waals surface area contributed by atoms with E-state index in [9.17, 15) is 14.7 Å². The van der Waals surface area contributed by atoms with Gasteiger partial charge >= 0.3 is 5.97 Å². The van der Waals surface area contributed by atoms with Crippen LogP contribution in [-0.4, -0.2) is 50.2 Å². The van der Waals surface area contributed by atoms with Gasteiger partial charge in [-0.15, -0.1) is 12.4 Å². The van der Waals surface area contributed by atoms with E-state index in [1.54, 1.807) is 0 Å². The maximum atomic E-state index is 11.8. The first-order chi connectivity index (χ1) is 10.4. The summed E-state index contributed by atoms with van der Waals surface area (Å²) in [4.78, 5) is 22.5. The Morgan fingerprint density at radius 3 is 2.33 bits per heavy atom. The number of carbonyl (C=O) groups excluding carboxylic acids is 2. The number of likely N-dealkylation sites (N-methyl/N-ethyl adjacent to an activating group) is 1. The number of hydrogen-bond donors (Lipinski definition) is 0. The van der Waals surface area contributed by atoms with Gasteiger partial charge in [0, 0.05) is 22.9 Å². The van der Waals surface area contributed by atoms with Crippen LogP contribution >= 0.6 is 12.4 Å². The minimum absolute atomic E-state index is 0. The van der Waals surface area contributed by atoms with Gasteiger partial charge in [-0.1, -0.05) is 32.5 Å². The zero-order chi connectivity index (χ0) is 18.1. The summed E-state index contributed by atoms with van der Waals surface area (Å²) in [6, 6.07) is 0. The summed E-state index contributed by atoms with van der Waals surface area (Å²) in [5.74, 6) is -1.65. The fraction of sp³-hybridized carbons (Fsp3) is 0.867. The van der Waals surface area contributed by atoms with Crippen LogP contribution in [0.2, 0.25) is 0 Å². The van der Waals surface area contributed by atoms with Gasteiger partial charge in [-0.2, -0.15) is 0 Å². The molecule has 0 aliphatic rings. The van der Waals surface area contributed by atoms with Gasteiger partial charge in [0.25, 0.3) is 0 Å². The van der Waals surface area contributed by atoms with E-state index >= 15 is 0 Å². The maximum absolute atomic E-state index is 11.8. The standard InChI is InChI=1S/C15H29NO4.ClH/c1-5-6-7-8-9-10-15(19)20-13(11-14(17)18)12-16(2,3)4;/h13H,5-12H2,1-4H3;1H/t13-;/m1./s1/i1D3;. The number of halogens is 1. The SMILES string of the molecule is Cl.[2H]C([2H])([2H])CCCCCCC(=O)O[C@H](CC(=O)[O-])C[N+](C)(C)C. The third-order valence-corrected chi connectivity index (χ3v) is 2.75.